The highest BCUT2D eigenvalue weighted by Gasteiger charge is 2.26. The summed E-state index contributed by atoms with van der Waals surface area (Å²) >= 11 is 6.64. The molecule has 5 aromatic carbocycles. The van der Waals surface area contributed by atoms with Crippen LogP contribution in [0.2, 0.25) is 5.02 Å². The molecule has 50 heavy (non-hydrogen) atoms. The van der Waals surface area contributed by atoms with Gasteiger partial charge in [0.15, 0.2) is 0 Å². The number of para-hydroxylation sites is 1. The molecule has 0 saturated carbocycles. The molecular weight excluding hydrogens is 668 g/mol. The summed E-state index contributed by atoms with van der Waals surface area (Å²) in [4.78, 5) is 11.9. The number of sulfonamides is 1. The number of phenolic OH excluding ortho intramolecular Hbond substituents is 1. The van der Waals surface area contributed by atoms with E-state index < -0.39 is 10.0 Å². The van der Waals surface area contributed by atoms with Crippen LogP contribution in [0.15, 0.2) is 127 Å². The summed E-state index contributed by atoms with van der Waals surface area (Å²) in [6.07, 6.45) is 2.74. The van der Waals surface area contributed by atoms with E-state index in [9.17, 15) is 18.3 Å². The maximum atomic E-state index is 13.2. The van der Waals surface area contributed by atoms with Gasteiger partial charge in [-0.05, 0) is 77.9 Å². The van der Waals surface area contributed by atoms with E-state index in [0.717, 1.165) is 58.1 Å². The number of carbonyl (C=O) groups excluding carboxylic acids is 1. The van der Waals surface area contributed by atoms with Crippen LogP contribution in [0.1, 0.15) is 56.3 Å². The SMILES string of the molecule is COC(=O)c1ccc(CCCc2c(CCNS(=O)(=O)Cc3ccccc3O)n(C(c3ccccc3)c3ccccc3)c3ccc(Cl)cc23)cc1. The monoisotopic (exact) mass is 706 g/mol. The van der Waals surface area contributed by atoms with Crippen molar-refractivity contribution in [3.8, 4) is 5.75 Å². The molecule has 0 spiro atoms. The number of aromatic hydroxyl groups is 1. The smallest absolute Gasteiger partial charge is 0.337 e. The van der Waals surface area contributed by atoms with Crippen LogP contribution in [0.25, 0.3) is 10.9 Å². The summed E-state index contributed by atoms with van der Waals surface area (Å²) in [5, 5.41) is 11.9. The third kappa shape index (κ3) is 8.11. The van der Waals surface area contributed by atoms with Crippen LogP contribution >= 0.6 is 11.6 Å². The lowest BCUT2D eigenvalue weighted by molar-refractivity contribution is 0.0600. The number of methoxy groups -OCH3 is 1. The van der Waals surface area contributed by atoms with Crippen LogP contribution in [-0.4, -0.2) is 37.7 Å². The van der Waals surface area contributed by atoms with E-state index in [4.69, 9.17) is 16.3 Å². The Balaban J connectivity index is 1.39. The summed E-state index contributed by atoms with van der Waals surface area (Å²) in [5.41, 5.74) is 7.30. The maximum Gasteiger partial charge on any atom is 0.337 e. The topological polar surface area (TPSA) is 97.6 Å². The fraction of sp³-hybridized carbons (Fsp3) is 0.195. The van der Waals surface area contributed by atoms with Crippen molar-refractivity contribution in [1.82, 2.24) is 9.29 Å². The maximum absolute atomic E-state index is 13.2. The Kier molecular flexibility index (Phi) is 11.0. The Labute approximate surface area is 298 Å². The number of phenols is 1. The fourth-order valence-corrected chi connectivity index (χ4v) is 7.96. The molecule has 1 aromatic heterocycles. The Morgan fingerprint density at radius 1 is 0.820 bits per heavy atom. The number of halogens is 1. The Bertz CT molecular complexity index is 2140. The van der Waals surface area contributed by atoms with E-state index >= 15 is 0 Å². The number of nitrogens with zero attached hydrogens (tertiary/aromatic N) is 1. The first-order valence-electron chi connectivity index (χ1n) is 16.6. The van der Waals surface area contributed by atoms with Gasteiger partial charge >= 0.3 is 5.97 Å². The molecular formula is C41H39ClN2O5S. The number of carbonyl (C=O) groups is 1. The predicted octanol–water partition coefficient (Wildman–Crippen LogP) is 8.26. The van der Waals surface area contributed by atoms with Gasteiger partial charge in [-0.1, -0.05) is 103 Å². The summed E-state index contributed by atoms with van der Waals surface area (Å²) < 4.78 is 36.5. The second kappa shape index (κ2) is 15.8. The number of hydrogen-bond donors (Lipinski definition) is 2. The summed E-state index contributed by atoms with van der Waals surface area (Å²) in [7, 11) is -2.38. The molecule has 0 unspecified atom stereocenters. The highest BCUT2D eigenvalue weighted by atomic mass is 35.5. The Morgan fingerprint density at radius 2 is 1.46 bits per heavy atom. The number of hydrogen-bond acceptors (Lipinski definition) is 5. The third-order valence-corrected chi connectivity index (χ3v) is 10.5. The zero-order chi connectivity index (χ0) is 35.1. The van der Waals surface area contributed by atoms with Gasteiger partial charge in [-0.2, -0.15) is 0 Å². The molecule has 0 bridgehead atoms. The molecule has 0 aliphatic rings. The normalized spacial score (nSPS) is 11.7. The van der Waals surface area contributed by atoms with Gasteiger partial charge in [0.2, 0.25) is 10.0 Å². The molecule has 0 fully saturated rings. The lowest BCUT2D eigenvalue weighted by atomic mass is 9.97. The number of benzene rings is 5. The lowest BCUT2D eigenvalue weighted by Crippen LogP contribution is -2.28. The van der Waals surface area contributed by atoms with Crippen molar-refractivity contribution in [3.63, 3.8) is 0 Å². The van der Waals surface area contributed by atoms with E-state index in [1.54, 1.807) is 30.3 Å². The molecule has 0 aliphatic heterocycles. The molecule has 6 aromatic rings. The van der Waals surface area contributed by atoms with Crippen molar-refractivity contribution in [2.45, 2.75) is 37.5 Å². The van der Waals surface area contributed by atoms with Crippen molar-refractivity contribution in [2.24, 2.45) is 0 Å². The van der Waals surface area contributed by atoms with E-state index in [1.165, 1.54) is 13.2 Å². The second-order valence-electron chi connectivity index (χ2n) is 12.3. The van der Waals surface area contributed by atoms with E-state index in [1.807, 2.05) is 60.7 Å². The first kappa shape index (κ1) is 35.0. The average molecular weight is 707 g/mol. The molecule has 1 heterocycles. The molecule has 0 radical (unpaired) electrons. The predicted molar refractivity (Wildman–Crippen MR) is 199 cm³/mol. The van der Waals surface area contributed by atoms with Crippen LogP contribution < -0.4 is 4.72 Å². The van der Waals surface area contributed by atoms with E-state index in [-0.39, 0.29) is 30.1 Å². The average Bonchev–Trinajstić information content (AvgIpc) is 3.41. The van der Waals surface area contributed by atoms with Crippen molar-refractivity contribution in [2.75, 3.05) is 13.7 Å². The van der Waals surface area contributed by atoms with Gasteiger partial charge in [0.05, 0.1) is 24.5 Å². The summed E-state index contributed by atoms with van der Waals surface area (Å²) in [5.74, 6) is -0.740. The number of rotatable bonds is 14. The van der Waals surface area contributed by atoms with Crippen LogP contribution in [0.3, 0.4) is 0 Å². The van der Waals surface area contributed by atoms with Gasteiger partial charge in [0.25, 0.3) is 0 Å². The summed E-state index contributed by atoms with van der Waals surface area (Å²) in [6, 6.07) is 40.3. The summed E-state index contributed by atoms with van der Waals surface area (Å²) in [6.45, 7) is 0.165. The fourth-order valence-electron chi connectivity index (χ4n) is 6.62. The van der Waals surface area contributed by atoms with Crippen LogP contribution in [0.4, 0.5) is 0 Å². The first-order chi connectivity index (χ1) is 24.2. The molecule has 9 heteroatoms. The molecule has 256 valence electrons. The van der Waals surface area contributed by atoms with Crippen molar-refractivity contribution >= 4 is 38.5 Å². The quantitative estimate of drug-likeness (QED) is 0.111. The van der Waals surface area contributed by atoms with Crippen LogP contribution in [0.5, 0.6) is 5.75 Å². The number of esters is 1. The zero-order valence-electron chi connectivity index (χ0n) is 27.8. The van der Waals surface area contributed by atoms with Crippen LogP contribution in [0, 0.1) is 0 Å². The Hall–Kier alpha value is -4.89. The number of ether oxygens (including phenoxy) is 1. The molecule has 7 nitrogen and oxygen atoms in total. The van der Waals surface area contributed by atoms with Gasteiger partial charge in [-0.3, -0.25) is 0 Å². The second-order valence-corrected chi connectivity index (χ2v) is 14.5. The molecule has 0 amide bonds. The van der Waals surface area contributed by atoms with Crippen molar-refractivity contribution in [3.05, 3.63) is 171 Å². The largest absolute Gasteiger partial charge is 0.508 e. The highest BCUT2D eigenvalue weighted by Crippen LogP contribution is 2.38. The van der Waals surface area contributed by atoms with Crippen molar-refractivity contribution in [1.29, 1.82) is 0 Å². The highest BCUT2D eigenvalue weighted by molar-refractivity contribution is 7.88. The Morgan fingerprint density at radius 3 is 2.10 bits per heavy atom. The molecule has 2 N–H and O–H groups in total. The molecule has 0 saturated heterocycles. The van der Waals surface area contributed by atoms with Gasteiger partial charge in [-0.25, -0.2) is 17.9 Å². The third-order valence-electron chi connectivity index (χ3n) is 8.96. The zero-order valence-corrected chi connectivity index (χ0v) is 29.3. The molecule has 0 atom stereocenters. The number of aromatic nitrogens is 1. The minimum absolute atomic E-state index is 0.0503. The lowest BCUT2D eigenvalue weighted by Gasteiger charge is -2.25. The van der Waals surface area contributed by atoms with Gasteiger partial charge in [-0.15, -0.1) is 0 Å². The van der Waals surface area contributed by atoms with E-state index in [0.29, 0.717) is 22.6 Å². The van der Waals surface area contributed by atoms with Crippen LogP contribution in [-0.2, 0) is 39.8 Å². The first-order valence-corrected chi connectivity index (χ1v) is 18.6. The van der Waals surface area contributed by atoms with Gasteiger partial charge < -0.3 is 14.4 Å². The van der Waals surface area contributed by atoms with Crippen molar-refractivity contribution < 1.29 is 23.1 Å². The number of aryl methyl sites for hydroxylation is 2. The van der Waals surface area contributed by atoms with E-state index in [2.05, 4.69) is 39.6 Å². The minimum Gasteiger partial charge on any atom is -0.508 e. The van der Waals surface area contributed by atoms with Gasteiger partial charge in [0.1, 0.15) is 5.75 Å². The number of nitrogens with one attached hydrogen (secondary N) is 1. The van der Waals surface area contributed by atoms with Gasteiger partial charge in [0, 0.05) is 40.1 Å². The molecule has 0 aliphatic carbocycles. The standard InChI is InChI=1S/C41H39ClN2O5S/c1-49-41(46)32-21-19-29(20-22-32)11-10-17-35-36-27-34(42)23-24-37(36)44(40(30-12-4-2-5-13-30)31-14-6-3-7-15-31)38(35)25-26-43-50(47,48)28-33-16-8-9-18-39(33)45/h2-9,12-16,18-24,27,40,43,45H,10-11,17,25-26,28H2,1H3. The minimum atomic E-state index is -3.75. The number of fused-ring (bicyclic) bond motifs is 1. The molecule has 6 rings (SSSR count).